The molecule has 6 atom stereocenters. The van der Waals surface area contributed by atoms with Crippen molar-refractivity contribution >= 4 is 39.5 Å². The first-order valence-corrected chi connectivity index (χ1v) is 42.2. The van der Waals surface area contributed by atoms with E-state index in [1.807, 2.05) is 0 Å². The number of phosphoric ester groups is 2. The number of aliphatic hydroxyl groups excluding tert-OH is 1. The topological polar surface area (TPSA) is 237 Å². The van der Waals surface area contributed by atoms with Crippen molar-refractivity contribution in [3.63, 3.8) is 0 Å². The van der Waals surface area contributed by atoms with Crippen LogP contribution in [-0.2, 0) is 65.4 Å². The monoisotopic (exact) mass is 1400 g/mol. The number of phosphoric acid groups is 2. The Balaban J connectivity index is 5.17. The quantitative estimate of drug-likeness (QED) is 0.0222. The van der Waals surface area contributed by atoms with E-state index in [-0.39, 0.29) is 25.7 Å². The van der Waals surface area contributed by atoms with Crippen LogP contribution < -0.4 is 0 Å². The lowest BCUT2D eigenvalue weighted by molar-refractivity contribution is -0.161. The van der Waals surface area contributed by atoms with Gasteiger partial charge in [0.05, 0.1) is 26.4 Å². The van der Waals surface area contributed by atoms with Crippen molar-refractivity contribution in [2.24, 2.45) is 23.7 Å². The molecule has 0 rings (SSSR count). The summed E-state index contributed by atoms with van der Waals surface area (Å²) in [6, 6.07) is 0. The Bertz CT molecular complexity index is 1870. The van der Waals surface area contributed by atoms with Gasteiger partial charge in [0.1, 0.15) is 19.3 Å². The number of ether oxygens (including phenoxy) is 4. The van der Waals surface area contributed by atoms with Gasteiger partial charge in [0, 0.05) is 25.7 Å². The van der Waals surface area contributed by atoms with Crippen molar-refractivity contribution in [1.29, 1.82) is 0 Å². The molecular weight excluding hydrogens is 1250 g/mol. The number of unbranched alkanes of at least 4 members (excludes halogenated alkanes) is 38. The van der Waals surface area contributed by atoms with Crippen LogP contribution in [0.4, 0.5) is 0 Å². The van der Waals surface area contributed by atoms with Crippen molar-refractivity contribution in [2.75, 3.05) is 39.6 Å². The number of rotatable bonds is 73. The number of carbonyl (C=O) groups is 4. The van der Waals surface area contributed by atoms with E-state index in [0.29, 0.717) is 31.6 Å². The molecule has 0 fully saturated rings. The van der Waals surface area contributed by atoms with E-state index in [0.717, 1.165) is 120 Å². The maximum atomic E-state index is 13.1. The van der Waals surface area contributed by atoms with Gasteiger partial charge in [-0.15, -0.1) is 0 Å². The predicted octanol–water partition coefficient (Wildman–Crippen LogP) is 22.0. The molecule has 0 aliphatic carbocycles. The molecule has 17 nitrogen and oxygen atoms in total. The van der Waals surface area contributed by atoms with E-state index in [1.165, 1.54) is 173 Å². The molecule has 0 bridgehead atoms. The van der Waals surface area contributed by atoms with Crippen molar-refractivity contribution in [2.45, 2.75) is 401 Å². The second-order valence-corrected chi connectivity index (χ2v) is 32.0. The molecule has 19 heteroatoms. The van der Waals surface area contributed by atoms with Crippen LogP contribution in [0.15, 0.2) is 0 Å². The van der Waals surface area contributed by atoms with Crippen molar-refractivity contribution in [3.05, 3.63) is 0 Å². The molecule has 0 heterocycles. The molecule has 0 aromatic carbocycles. The second-order valence-electron chi connectivity index (χ2n) is 29.1. The minimum Gasteiger partial charge on any atom is -0.462 e. The Labute approximate surface area is 581 Å². The largest absolute Gasteiger partial charge is 0.472 e. The lowest BCUT2D eigenvalue weighted by Gasteiger charge is -2.21. The van der Waals surface area contributed by atoms with Crippen LogP contribution in [0.3, 0.4) is 0 Å². The zero-order valence-electron chi connectivity index (χ0n) is 62.3. The molecule has 0 radical (unpaired) electrons. The molecule has 0 amide bonds. The van der Waals surface area contributed by atoms with Gasteiger partial charge in [-0.25, -0.2) is 9.13 Å². The minimum atomic E-state index is -4.96. The minimum absolute atomic E-state index is 0.105. The SMILES string of the molecule is CCC(C)CCCCCCCCC(=O)OC[C@H](COP(=O)(O)OC[C@@H](O)COP(=O)(O)OC[C@@H](COC(=O)CCCCCCCCC(C)C)OC(=O)CCCCCCCCCCCCCCC(C)C)OC(=O)CCCCCCCCCCCCCCCCCCCCC(C)C. The highest BCUT2D eigenvalue weighted by atomic mass is 31.2. The van der Waals surface area contributed by atoms with Crippen molar-refractivity contribution < 1.29 is 80.2 Å². The smallest absolute Gasteiger partial charge is 0.462 e. The lowest BCUT2D eigenvalue weighted by Crippen LogP contribution is -2.30. The van der Waals surface area contributed by atoms with Gasteiger partial charge in [0.2, 0.25) is 0 Å². The zero-order chi connectivity index (χ0) is 70.3. The van der Waals surface area contributed by atoms with Crippen LogP contribution in [0.25, 0.3) is 0 Å². The van der Waals surface area contributed by atoms with E-state index in [2.05, 4.69) is 55.4 Å². The Morgan fingerprint density at radius 2 is 0.505 bits per heavy atom. The van der Waals surface area contributed by atoms with E-state index in [9.17, 15) is 43.2 Å². The summed E-state index contributed by atoms with van der Waals surface area (Å²) in [4.78, 5) is 72.7. The highest BCUT2D eigenvalue weighted by molar-refractivity contribution is 7.47. The van der Waals surface area contributed by atoms with Crippen LogP contribution in [-0.4, -0.2) is 96.7 Å². The van der Waals surface area contributed by atoms with Gasteiger partial charge in [0.15, 0.2) is 12.2 Å². The van der Waals surface area contributed by atoms with Crippen molar-refractivity contribution in [3.8, 4) is 0 Å². The van der Waals surface area contributed by atoms with Gasteiger partial charge in [-0.1, -0.05) is 331 Å². The molecule has 3 unspecified atom stereocenters. The number of hydrogen-bond donors (Lipinski definition) is 3. The summed E-state index contributed by atoms with van der Waals surface area (Å²) in [5, 5.41) is 10.6. The third kappa shape index (κ3) is 69.0. The van der Waals surface area contributed by atoms with Crippen molar-refractivity contribution in [1.82, 2.24) is 0 Å². The van der Waals surface area contributed by atoms with E-state index < -0.39 is 97.5 Å². The summed E-state index contributed by atoms with van der Waals surface area (Å²) in [6.45, 7) is 14.1. The fourth-order valence-corrected chi connectivity index (χ4v) is 13.1. The predicted molar refractivity (Wildman–Crippen MR) is 386 cm³/mol. The summed E-state index contributed by atoms with van der Waals surface area (Å²) in [7, 11) is -9.91. The summed E-state index contributed by atoms with van der Waals surface area (Å²) in [5.41, 5.74) is 0. The Kier molecular flexibility index (Phi) is 64.0. The van der Waals surface area contributed by atoms with Crippen LogP contribution in [0.1, 0.15) is 383 Å². The van der Waals surface area contributed by atoms with Gasteiger partial charge in [-0.3, -0.25) is 37.3 Å². The van der Waals surface area contributed by atoms with Crippen LogP contribution in [0.5, 0.6) is 0 Å². The number of hydrogen-bond acceptors (Lipinski definition) is 15. The highest BCUT2D eigenvalue weighted by Crippen LogP contribution is 2.45. The molecular formula is C76H148O17P2. The summed E-state index contributed by atoms with van der Waals surface area (Å²) in [5.74, 6) is 0.882. The molecule has 0 aromatic rings. The molecule has 0 spiro atoms. The molecule has 0 saturated heterocycles. The van der Waals surface area contributed by atoms with Gasteiger partial charge in [-0.05, 0) is 49.4 Å². The standard InChI is InChI=1S/C76H148O17P2/c1-9-69(8)55-47-39-33-35-41-49-57-74(79)87-63-72(93-75(80)58-50-42-30-26-22-17-15-13-11-10-12-14-16-20-24-28-36-44-52-66(2)3)65-91-95(84,85)89-61-70(77)60-88-94(82,83)90-64-71(62-86-73(78)56-48-40-34-32-38-46-54-68(6)7)92-76(81)59-51-43-31-27-23-19-18-21-25-29-37-45-53-67(4)5/h66-72,77H,9-65H2,1-8H3,(H,82,83)(H,84,85)/t69?,70-,71+,72+/m0/s1. The molecule has 0 aliphatic heterocycles. The zero-order valence-corrected chi connectivity index (χ0v) is 64.1. The third-order valence-corrected chi connectivity index (χ3v) is 19.8. The maximum Gasteiger partial charge on any atom is 0.472 e. The molecule has 0 aliphatic rings. The summed E-state index contributed by atoms with van der Waals surface area (Å²) < 4.78 is 68.4. The van der Waals surface area contributed by atoms with Crippen LogP contribution >= 0.6 is 15.6 Å². The number of esters is 4. The maximum absolute atomic E-state index is 13.1. The third-order valence-electron chi connectivity index (χ3n) is 17.9. The van der Waals surface area contributed by atoms with Gasteiger partial charge in [0.25, 0.3) is 0 Å². The average Bonchev–Trinajstić information content (AvgIpc) is 1.60. The van der Waals surface area contributed by atoms with E-state index in [4.69, 9.17) is 37.0 Å². The fourth-order valence-electron chi connectivity index (χ4n) is 11.5. The van der Waals surface area contributed by atoms with Crippen LogP contribution in [0, 0.1) is 23.7 Å². The first-order valence-electron chi connectivity index (χ1n) is 39.2. The van der Waals surface area contributed by atoms with Crippen LogP contribution in [0.2, 0.25) is 0 Å². The summed E-state index contributed by atoms with van der Waals surface area (Å²) >= 11 is 0. The number of aliphatic hydroxyl groups is 1. The van der Waals surface area contributed by atoms with E-state index in [1.54, 1.807) is 0 Å². The van der Waals surface area contributed by atoms with E-state index >= 15 is 0 Å². The molecule has 95 heavy (non-hydrogen) atoms. The molecule has 3 N–H and O–H groups in total. The highest BCUT2D eigenvalue weighted by Gasteiger charge is 2.30. The first-order chi connectivity index (χ1) is 45.6. The average molecular weight is 1400 g/mol. The van der Waals surface area contributed by atoms with Gasteiger partial charge >= 0.3 is 39.5 Å². The second kappa shape index (κ2) is 65.4. The fraction of sp³-hybridized carbons (Fsp3) is 0.947. The Morgan fingerprint density at radius 1 is 0.295 bits per heavy atom. The molecule has 0 saturated carbocycles. The first kappa shape index (κ1) is 93.1. The molecule has 564 valence electrons. The summed E-state index contributed by atoms with van der Waals surface area (Å²) in [6.07, 6.45) is 50.3. The Morgan fingerprint density at radius 3 is 0.747 bits per heavy atom. The van der Waals surface area contributed by atoms with Gasteiger partial charge in [-0.2, -0.15) is 0 Å². The normalized spacial score (nSPS) is 14.4. The lowest BCUT2D eigenvalue weighted by atomic mass is 10.00. The molecule has 0 aromatic heterocycles. The van der Waals surface area contributed by atoms with Gasteiger partial charge < -0.3 is 33.8 Å². The number of carbonyl (C=O) groups excluding carboxylic acids is 4. The Hall–Kier alpha value is -1.94.